The maximum absolute atomic E-state index is 12.1. The van der Waals surface area contributed by atoms with Crippen LogP contribution in [0.3, 0.4) is 0 Å². The van der Waals surface area contributed by atoms with Gasteiger partial charge >= 0.3 is 6.11 Å². The molecule has 0 amide bonds. The Bertz CT molecular complexity index is 112. The molecule has 0 aromatic carbocycles. The molecule has 0 N–H and O–H groups in total. The zero-order valence-corrected chi connectivity index (χ0v) is 7.94. The molecule has 0 heterocycles. The minimum absolute atomic E-state index is 0.136. The predicted octanol–water partition coefficient (Wildman–Crippen LogP) is 1.96. The molecule has 0 aromatic rings. The molecule has 4 heteroatoms. The first-order chi connectivity index (χ1) is 5.42. The summed E-state index contributed by atoms with van der Waals surface area (Å²) in [6.45, 7) is 1.81. The lowest BCUT2D eigenvalue weighted by molar-refractivity contribution is -0.224. The molecule has 0 aliphatic carbocycles. The van der Waals surface area contributed by atoms with E-state index in [1.165, 1.54) is 0 Å². The van der Waals surface area contributed by atoms with Crippen molar-refractivity contribution in [3.8, 4) is 0 Å². The van der Waals surface area contributed by atoms with Crippen LogP contribution in [0.25, 0.3) is 0 Å². The summed E-state index contributed by atoms with van der Waals surface area (Å²) in [5.74, 6) is 0. The largest absolute Gasteiger partial charge is 0.352 e. The van der Waals surface area contributed by atoms with Crippen molar-refractivity contribution in [2.24, 2.45) is 0 Å². The van der Waals surface area contributed by atoms with Crippen LogP contribution in [-0.2, 0) is 4.74 Å². The van der Waals surface area contributed by atoms with Crippen LogP contribution in [0.2, 0.25) is 0 Å². The average molecular weight is 181 g/mol. The van der Waals surface area contributed by atoms with Crippen molar-refractivity contribution in [2.75, 3.05) is 27.2 Å². The highest BCUT2D eigenvalue weighted by atomic mass is 19.3. The minimum atomic E-state index is -2.97. The van der Waals surface area contributed by atoms with Crippen LogP contribution >= 0.6 is 0 Å². The van der Waals surface area contributed by atoms with Crippen LogP contribution in [0.5, 0.6) is 0 Å². The highest BCUT2D eigenvalue weighted by molar-refractivity contribution is 4.46. The van der Waals surface area contributed by atoms with E-state index < -0.39 is 6.11 Å². The third-order valence-corrected chi connectivity index (χ3v) is 1.36. The van der Waals surface area contributed by atoms with Crippen LogP contribution in [0.1, 0.15) is 19.8 Å². The van der Waals surface area contributed by atoms with Crippen molar-refractivity contribution in [3.05, 3.63) is 0 Å². The number of hydrogen-bond donors (Lipinski definition) is 0. The molecule has 74 valence electrons. The summed E-state index contributed by atoms with van der Waals surface area (Å²) in [6.07, 6.45) is -1.40. The van der Waals surface area contributed by atoms with Gasteiger partial charge < -0.3 is 9.64 Å². The maximum Gasteiger partial charge on any atom is 0.352 e. The molecule has 0 rings (SSSR count). The van der Waals surface area contributed by atoms with Gasteiger partial charge in [-0.25, -0.2) is 0 Å². The fraction of sp³-hybridized carbons (Fsp3) is 1.00. The SMILES string of the molecule is CN(C)CCCCOC(C)(F)F. The molecule has 12 heavy (non-hydrogen) atoms. The molecule has 0 bridgehead atoms. The number of ether oxygens (including phenoxy) is 1. The predicted molar refractivity (Wildman–Crippen MR) is 44.4 cm³/mol. The summed E-state index contributed by atoms with van der Waals surface area (Å²) in [4.78, 5) is 2.02. The molecule has 0 unspecified atom stereocenters. The Labute approximate surface area is 72.5 Å². The van der Waals surface area contributed by atoms with Crippen LogP contribution in [0.4, 0.5) is 8.78 Å². The van der Waals surface area contributed by atoms with Crippen molar-refractivity contribution in [3.63, 3.8) is 0 Å². The second-order valence-electron chi connectivity index (χ2n) is 3.17. The van der Waals surface area contributed by atoms with Crippen LogP contribution in [0, 0.1) is 0 Å². The fourth-order valence-corrected chi connectivity index (χ4v) is 0.781. The Morgan fingerprint density at radius 2 is 1.83 bits per heavy atom. The molecule has 0 aliphatic heterocycles. The summed E-state index contributed by atoms with van der Waals surface area (Å²) >= 11 is 0. The Hall–Kier alpha value is -0.220. The van der Waals surface area contributed by atoms with E-state index in [1.54, 1.807) is 0 Å². The third kappa shape index (κ3) is 9.78. The maximum atomic E-state index is 12.1. The number of unbranched alkanes of at least 4 members (excludes halogenated alkanes) is 1. The van der Waals surface area contributed by atoms with Gasteiger partial charge in [0.2, 0.25) is 0 Å². The van der Waals surface area contributed by atoms with Gasteiger partial charge in [0.05, 0.1) is 6.61 Å². The van der Waals surface area contributed by atoms with E-state index in [2.05, 4.69) is 4.74 Å². The lowest BCUT2D eigenvalue weighted by Gasteiger charge is -2.12. The van der Waals surface area contributed by atoms with E-state index in [1.807, 2.05) is 19.0 Å². The summed E-state index contributed by atoms with van der Waals surface area (Å²) in [5.41, 5.74) is 0. The van der Waals surface area contributed by atoms with Crippen molar-refractivity contribution in [1.82, 2.24) is 4.90 Å². The Balaban J connectivity index is 3.12. The smallest absolute Gasteiger partial charge is 0.321 e. The quantitative estimate of drug-likeness (QED) is 0.581. The minimum Gasteiger partial charge on any atom is -0.321 e. The Kier molecular flexibility index (Phi) is 5.33. The standard InChI is InChI=1S/C8H17F2NO/c1-8(9,10)12-7-5-4-6-11(2)3/h4-7H2,1-3H3. The number of rotatable bonds is 6. The molecular weight excluding hydrogens is 164 g/mol. The second kappa shape index (κ2) is 5.43. The fourth-order valence-electron chi connectivity index (χ4n) is 0.781. The highest BCUT2D eigenvalue weighted by Gasteiger charge is 2.20. The van der Waals surface area contributed by atoms with E-state index in [9.17, 15) is 8.78 Å². The van der Waals surface area contributed by atoms with Gasteiger partial charge in [-0.3, -0.25) is 0 Å². The monoisotopic (exact) mass is 181 g/mol. The van der Waals surface area contributed by atoms with E-state index in [0.29, 0.717) is 6.42 Å². The van der Waals surface area contributed by atoms with E-state index in [-0.39, 0.29) is 6.61 Å². The normalized spacial score (nSPS) is 12.5. The summed E-state index contributed by atoms with van der Waals surface area (Å²) in [6, 6.07) is 0. The molecule has 0 radical (unpaired) electrons. The number of nitrogens with zero attached hydrogens (tertiary/aromatic N) is 1. The van der Waals surface area contributed by atoms with Crippen molar-refractivity contribution < 1.29 is 13.5 Å². The second-order valence-corrected chi connectivity index (χ2v) is 3.17. The third-order valence-electron chi connectivity index (χ3n) is 1.36. The molecule has 0 saturated carbocycles. The average Bonchev–Trinajstić information content (AvgIpc) is 1.83. The van der Waals surface area contributed by atoms with Crippen LogP contribution < -0.4 is 0 Å². The lowest BCUT2D eigenvalue weighted by atomic mass is 10.3. The topological polar surface area (TPSA) is 12.5 Å². The first-order valence-corrected chi connectivity index (χ1v) is 4.08. The van der Waals surface area contributed by atoms with Crippen molar-refractivity contribution in [1.29, 1.82) is 0 Å². The van der Waals surface area contributed by atoms with E-state index >= 15 is 0 Å². The lowest BCUT2D eigenvalue weighted by Crippen LogP contribution is -2.17. The summed E-state index contributed by atoms with van der Waals surface area (Å²) < 4.78 is 28.4. The molecular formula is C8H17F2NO. The molecule has 0 fully saturated rings. The zero-order chi connectivity index (χ0) is 9.61. The summed E-state index contributed by atoms with van der Waals surface area (Å²) in [5, 5.41) is 0. The van der Waals surface area contributed by atoms with Gasteiger partial charge in [-0.2, -0.15) is 8.78 Å². The van der Waals surface area contributed by atoms with Gasteiger partial charge in [0, 0.05) is 6.92 Å². The van der Waals surface area contributed by atoms with Crippen LogP contribution in [0.15, 0.2) is 0 Å². The molecule has 0 aromatic heterocycles. The van der Waals surface area contributed by atoms with Gasteiger partial charge in [-0.15, -0.1) is 0 Å². The number of alkyl halides is 2. The van der Waals surface area contributed by atoms with Crippen molar-refractivity contribution >= 4 is 0 Å². The van der Waals surface area contributed by atoms with Crippen molar-refractivity contribution in [2.45, 2.75) is 25.9 Å². The number of hydrogen-bond acceptors (Lipinski definition) is 2. The molecule has 0 aliphatic rings. The van der Waals surface area contributed by atoms with Gasteiger partial charge in [0.15, 0.2) is 0 Å². The van der Waals surface area contributed by atoms with Gasteiger partial charge in [0.25, 0.3) is 0 Å². The van der Waals surface area contributed by atoms with Gasteiger partial charge in [-0.1, -0.05) is 0 Å². The molecule has 0 spiro atoms. The Morgan fingerprint density at radius 1 is 1.25 bits per heavy atom. The Morgan fingerprint density at radius 3 is 2.25 bits per heavy atom. The molecule has 0 saturated heterocycles. The van der Waals surface area contributed by atoms with Crippen LogP contribution in [-0.4, -0.2) is 38.3 Å². The highest BCUT2D eigenvalue weighted by Crippen LogP contribution is 2.13. The number of halogens is 2. The molecule has 2 nitrogen and oxygen atoms in total. The van der Waals surface area contributed by atoms with E-state index in [0.717, 1.165) is 19.9 Å². The van der Waals surface area contributed by atoms with E-state index in [4.69, 9.17) is 0 Å². The summed E-state index contributed by atoms with van der Waals surface area (Å²) in [7, 11) is 3.91. The van der Waals surface area contributed by atoms with Gasteiger partial charge in [0.1, 0.15) is 0 Å². The first-order valence-electron chi connectivity index (χ1n) is 4.08. The first kappa shape index (κ1) is 11.8. The zero-order valence-electron chi connectivity index (χ0n) is 7.94. The van der Waals surface area contributed by atoms with Gasteiger partial charge in [-0.05, 0) is 33.5 Å². The molecule has 0 atom stereocenters.